The summed E-state index contributed by atoms with van der Waals surface area (Å²) in [5, 5.41) is 11.6. The Labute approximate surface area is 236 Å². The summed E-state index contributed by atoms with van der Waals surface area (Å²) in [4.78, 5) is 22.0. The van der Waals surface area contributed by atoms with Gasteiger partial charge >= 0.3 is 5.69 Å². The molecule has 0 bridgehead atoms. The molecule has 3 unspecified atom stereocenters. The van der Waals surface area contributed by atoms with Crippen molar-refractivity contribution in [1.29, 1.82) is 0 Å². The van der Waals surface area contributed by atoms with E-state index in [-0.39, 0.29) is 11.4 Å². The van der Waals surface area contributed by atoms with Crippen molar-refractivity contribution in [2.45, 2.75) is 24.8 Å². The standard InChI is InChI=1S/C31H29ClFN5O2/c1-35-6-11-38(29(35)40)26-3-2-19(12-25(26)32)23-14-22(33)15-24(28(23)39)20-4-5-34-27(13-20)36-7-9-37(10-8-36)31-17-21-16-30(21,31)18-31/h2-6,11-15,21,39H,7-10,16-18H2,1H3. The number of hydrogen-bond acceptors (Lipinski definition) is 5. The number of piperazine rings is 1. The average molecular weight is 558 g/mol. The molecule has 1 saturated heterocycles. The number of hydrogen-bond donors (Lipinski definition) is 1. The Morgan fingerprint density at radius 1 is 1.00 bits per heavy atom. The van der Waals surface area contributed by atoms with Gasteiger partial charge in [-0.05, 0) is 78.1 Å². The number of pyridine rings is 1. The maximum atomic E-state index is 14.9. The minimum absolute atomic E-state index is 0.0360. The van der Waals surface area contributed by atoms with E-state index in [1.54, 1.807) is 49.9 Å². The number of aromatic hydroxyl groups is 1. The molecule has 4 aromatic rings. The lowest BCUT2D eigenvalue weighted by molar-refractivity contribution is 0.0969. The maximum absolute atomic E-state index is 14.9. The quantitative estimate of drug-likeness (QED) is 0.371. The number of phenols is 1. The number of phenolic OH excluding ortho intramolecular Hbond substituents is 1. The first kappa shape index (κ1) is 24.2. The van der Waals surface area contributed by atoms with Crippen LogP contribution in [0.3, 0.4) is 0 Å². The van der Waals surface area contributed by atoms with Gasteiger partial charge in [0.25, 0.3) is 0 Å². The molecular weight excluding hydrogens is 529 g/mol. The van der Waals surface area contributed by atoms with Gasteiger partial charge in [-0.1, -0.05) is 17.7 Å². The summed E-state index contributed by atoms with van der Waals surface area (Å²) >= 11 is 6.55. The Hall–Kier alpha value is -3.62. The normalized spacial score (nSPS) is 26.7. The van der Waals surface area contributed by atoms with Crippen molar-refractivity contribution in [3.63, 3.8) is 0 Å². The highest BCUT2D eigenvalue weighted by molar-refractivity contribution is 6.32. The van der Waals surface area contributed by atoms with Crippen LogP contribution in [0.15, 0.2) is 65.8 Å². The van der Waals surface area contributed by atoms with Gasteiger partial charge in [-0.2, -0.15) is 0 Å². The number of nitrogens with zero attached hydrogens (tertiary/aromatic N) is 5. The van der Waals surface area contributed by atoms with Crippen molar-refractivity contribution in [1.82, 2.24) is 19.0 Å². The first-order chi connectivity index (χ1) is 19.3. The number of aryl methyl sites for hydroxylation is 1. The zero-order valence-corrected chi connectivity index (χ0v) is 22.9. The Kier molecular flexibility index (Phi) is 4.97. The molecule has 4 fully saturated rings. The number of halogens is 2. The molecule has 3 heterocycles. The number of aromatic nitrogens is 3. The molecule has 7 nitrogen and oxygen atoms in total. The summed E-state index contributed by atoms with van der Waals surface area (Å²) in [6.07, 6.45) is 9.25. The molecule has 1 aliphatic heterocycles. The van der Waals surface area contributed by atoms with Crippen LogP contribution in [0.5, 0.6) is 5.75 Å². The molecule has 0 amide bonds. The molecule has 204 valence electrons. The lowest BCUT2D eigenvalue weighted by atomic mass is 9.90. The Morgan fingerprint density at radius 2 is 1.75 bits per heavy atom. The van der Waals surface area contributed by atoms with Crippen LogP contribution in [-0.2, 0) is 7.05 Å². The highest BCUT2D eigenvalue weighted by atomic mass is 35.5. The van der Waals surface area contributed by atoms with Crippen LogP contribution < -0.4 is 10.6 Å². The topological polar surface area (TPSA) is 66.5 Å². The SMILES string of the molecule is Cn1ccn(-c2ccc(-c3cc(F)cc(-c4ccnc(N5CCN(C67CC8CC86C7)CC5)c4)c3O)cc2Cl)c1=O. The van der Waals surface area contributed by atoms with Crippen LogP contribution in [0.2, 0.25) is 5.02 Å². The molecule has 3 aliphatic carbocycles. The second-order valence-electron chi connectivity index (χ2n) is 11.9. The molecule has 8 rings (SSSR count). The van der Waals surface area contributed by atoms with Crippen molar-refractivity contribution in [3.8, 4) is 33.7 Å². The van der Waals surface area contributed by atoms with E-state index in [0.29, 0.717) is 43.9 Å². The van der Waals surface area contributed by atoms with Crippen molar-refractivity contribution in [3.05, 3.63) is 82.4 Å². The Morgan fingerprint density at radius 3 is 2.35 bits per heavy atom. The minimum atomic E-state index is -0.467. The number of imidazole rings is 1. The third-order valence-electron chi connectivity index (χ3n) is 10.0. The fourth-order valence-corrected chi connectivity index (χ4v) is 7.97. The maximum Gasteiger partial charge on any atom is 0.332 e. The molecular formula is C31H29ClFN5O2. The number of rotatable bonds is 5. The van der Waals surface area contributed by atoms with Crippen LogP contribution in [0, 0.1) is 17.2 Å². The molecule has 1 spiro atoms. The highest BCUT2D eigenvalue weighted by Gasteiger charge is 2.89. The third-order valence-corrected chi connectivity index (χ3v) is 10.3. The third kappa shape index (κ3) is 3.32. The van der Waals surface area contributed by atoms with E-state index in [9.17, 15) is 14.3 Å². The monoisotopic (exact) mass is 557 g/mol. The van der Waals surface area contributed by atoms with Gasteiger partial charge in [-0.3, -0.25) is 9.47 Å². The van der Waals surface area contributed by atoms with Gasteiger partial charge in [0.05, 0.1) is 10.7 Å². The molecule has 40 heavy (non-hydrogen) atoms. The largest absolute Gasteiger partial charge is 0.507 e. The fraction of sp³-hybridized carbons (Fsp3) is 0.355. The first-order valence-corrected chi connectivity index (χ1v) is 14.2. The van der Waals surface area contributed by atoms with E-state index in [2.05, 4.69) is 14.8 Å². The van der Waals surface area contributed by atoms with E-state index in [1.165, 1.54) is 40.5 Å². The predicted molar refractivity (Wildman–Crippen MR) is 153 cm³/mol. The molecule has 3 saturated carbocycles. The summed E-state index contributed by atoms with van der Waals surface area (Å²) in [7, 11) is 1.66. The van der Waals surface area contributed by atoms with Crippen molar-refractivity contribution < 1.29 is 9.50 Å². The van der Waals surface area contributed by atoms with Crippen LogP contribution in [0.1, 0.15) is 19.3 Å². The average Bonchev–Trinajstić information content (AvgIpc) is 3.68. The number of anilines is 1. The van der Waals surface area contributed by atoms with Crippen molar-refractivity contribution in [2.75, 3.05) is 31.1 Å². The van der Waals surface area contributed by atoms with Gasteiger partial charge < -0.3 is 14.6 Å². The van der Waals surface area contributed by atoms with Gasteiger partial charge in [-0.15, -0.1) is 0 Å². The number of benzene rings is 2. The molecule has 1 N–H and O–H groups in total. The molecule has 2 aromatic carbocycles. The first-order valence-electron chi connectivity index (χ1n) is 13.8. The van der Waals surface area contributed by atoms with Crippen LogP contribution in [0.25, 0.3) is 27.9 Å². The predicted octanol–water partition coefficient (Wildman–Crippen LogP) is 5.08. The van der Waals surface area contributed by atoms with E-state index < -0.39 is 5.82 Å². The Balaban J connectivity index is 1.07. The second-order valence-corrected chi connectivity index (χ2v) is 12.3. The molecule has 4 aliphatic rings. The molecule has 2 aromatic heterocycles. The van der Waals surface area contributed by atoms with Crippen molar-refractivity contribution in [2.24, 2.45) is 18.4 Å². The summed E-state index contributed by atoms with van der Waals surface area (Å²) < 4.78 is 17.8. The zero-order chi connectivity index (χ0) is 27.4. The van der Waals surface area contributed by atoms with Gasteiger partial charge in [0.15, 0.2) is 0 Å². The van der Waals surface area contributed by atoms with E-state index in [1.807, 2.05) is 6.07 Å². The zero-order valence-electron chi connectivity index (χ0n) is 22.1. The van der Waals surface area contributed by atoms with E-state index >= 15 is 0 Å². The summed E-state index contributed by atoms with van der Waals surface area (Å²) in [6, 6.07) is 11.4. The molecule has 0 radical (unpaired) electrons. The van der Waals surface area contributed by atoms with E-state index in [0.717, 1.165) is 37.9 Å². The molecule has 3 atom stereocenters. The summed E-state index contributed by atoms with van der Waals surface area (Å²) in [5.74, 6) is 1.34. The molecule has 9 heteroatoms. The lowest BCUT2D eigenvalue weighted by Gasteiger charge is -2.43. The van der Waals surface area contributed by atoms with E-state index in [4.69, 9.17) is 11.6 Å². The summed E-state index contributed by atoms with van der Waals surface area (Å²) in [6.45, 7) is 3.91. The van der Waals surface area contributed by atoms with Crippen LogP contribution >= 0.6 is 11.6 Å². The van der Waals surface area contributed by atoms with Crippen molar-refractivity contribution >= 4 is 17.4 Å². The minimum Gasteiger partial charge on any atom is -0.507 e. The van der Waals surface area contributed by atoms with Gasteiger partial charge in [-0.25, -0.2) is 14.2 Å². The van der Waals surface area contributed by atoms with Gasteiger partial charge in [0.1, 0.15) is 17.4 Å². The van der Waals surface area contributed by atoms with Gasteiger partial charge in [0, 0.05) is 68.5 Å². The lowest BCUT2D eigenvalue weighted by Crippen LogP contribution is -2.54. The van der Waals surface area contributed by atoms with Crippen LogP contribution in [0.4, 0.5) is 10.2 Å². The Bertz CT molecular complexity index is 1750. The summed E-state index contributed by atoms with van der Waals surface area (Å²) in [5.41, 5.74) is 3.46. The van der Waals surface area contributed by atoms with Gasteiger partial charge in [0.2, 0.25) is 0 Å². The second kappa shape index (κ2) is 8.21. The fourth-order valence-electron chi connectivity index (χ4n) is 7.70. The highest BCUT2D eigenvalue weighted by Crippen LogP contribution is 2.90. The van der Waals surface area contributed by atoms with Crippen LogP contribution in [-0.4, -0.2) is 55.8 Å². The smallest absolute Gasteiger partial charge is 0.332 e.